The molecule has 106 valence electrons. The van der Waals surface area contributed by atoms with Crippen LogP contribution in [0.5, 0.6) is 0 Å². The molecule has 2 aromatic carbocycles. The SMILES string of the molecule is CCN(C(=O)CCCCCl)c1cccc2ccccc12. The zero-order valence-electron chi connectivity index (χ0n) is 11.8. The van der Waals surface area contributed by atoms with Crippen molar-refractivity contribution < 1.29 is 4.79 Å². The van der Waals surface area contributed by atoms with Crippen LogP contribution in [0.15, 0.2) is 42.5 Å². The van der Waals surface area contributed by atoms with Crippen LogP contribution in [0.3, 0.4) is 0 Å². The number of fused-ring (bicyclic) bond motifs is 1. The van der Waals surface area contributed by atoms with Crippen LogP contribution in [-0.4, -0.2) is 18.3 Å². The number of carbonyl (C=O) groups is 1. The molecule has 0 saturated carbocycles. The van der Waals surface area contributed by atoms with Crippen LogP contribution in [0.4, 0.5) is 5.69 Å². The van der Waals surface area contributed by atoms with E-state index in [1.54, 1.807) is 0 Å². The predicted molar refractivity (Wildman–Crippen MR) is 86.5 cm³/mol. The van der Waals surface area contributed by atoms with Gasteiger partial charge in [0.25, 0.3) is 0 Å². The van der Waals surface area contributed by atoms with Gasteiger partial charge in [0.1, 0.15) is 0 Å². The van der Waals surface area contributed by atoms with Gasteiger partial charge in [0.15, 0.2) is 0 Å². The lowest BCUT2D eigenvalue weighted by Crippen LogP contribution is -2.30. The minimum atomic E-state index is 0.175. The van der Waals surface area contributed by atoms with Gasteiger partial charge in [-0.2, -0.15) is 0 Å². The molecular formula is C17H20ClNO. The van der Waals surface area contributed by atoms with Crippen molar-refractivity contribution in [1.29, 1.82) is 0 Å². The Balaban J connectivity index is 2.27. The van der Waals surface area contributed by atoms with Gasteiger partial charge >= 0.3 is 0 Å². The number of unbranched alkanes of at least 4 members (excludes halogenated alkanes) is 1. The summed E-state index contributed by atoms with van der Waals surface area (Å²) in [5.41, 5.74) is 1.00. The first-order valence-corrected chi connectivity index (χ1v) is 7.65. The fourth-order valence-electron chi connectivity index (χ4n) is 2.43. The Hall–Kier alpha value is -1.54. The molecule has 0 aliphatic rings. The molecule has 0 atom stereocenters. The zero-order valence-corrected chi connectivity index (χ0v) is 12.6. The predicted octanol–water partition coefficient (Wildman–Crippen LogP) is 4.60. The van der Waals surface area contributed by atoms with E-state index in [0.717, 1.165) is 29.3 Å². The minimum Gasteiger partial charge on any atom is -0.312 e. The summed E-state index contributed by atoms with van der Waals surface area (Å²) in [7, 11) is 0. The van der Waals surface area contributed by atoms with Crippen LogP contribution in [0, 0.1) is 0 Å². The smallest absolute Gasteiger partial charge is 0.226 e. The molecule has 0 aliphatic heterocycles. The zero-order chi connectivity index (χ0) is 14.4. The molecule has 0 radical (unpaired) electrons. The summed E-state index contributed by atoms with van der Waals surface area (Å²) < 4.78 is 0. The van der Waals surface area contributed by atoms with Gasteiger partial charge in [0, 0.05) is 24.2 Å². The molecule has 1 amide bonds. The van der Waals surface area contributed by atoms with Gasteiger partial charge in [-0.05, 0) is 31.2 Å². The maximum Gasteiger partial charge on any atom is 0.226 e. The van der Waals surface area contributed by atoms with Crippen molar-refractivity contribution >= 4 is 34.0 Å². The van der Waals surface area contributed by atoms with Crippen LogP contribution >= 0.6 is 11.6 Å². The van der Waals surface area contributed by atoms with E-state index in [9.17, 15) is 4.79 Å². The van der Waals surface area contributed by atoms with E-state index in [4.69, 9.17) is 11.6 Å². The van der Waals surface area contributed by atoms with Gasteiger partial charge in [-0.3, -0.25) is 4.79 Å². The number of hydrogen-bond donors (Lipinski definition) is 0. The molecule has 0 N–H and O–H groups in total. The summed E-state index contributed by atoms with van der Waals surface area (Å²) in [5, 5.41) is 2.29. The van der Waals surface area contributed by atoms with Crippen molar-refractivity contribution in [1.82, 2.24) is 0 Å². The number of carbonyl (C=O) groups excluding carboxylic acids is 1. The lowest BCUT2D eigenvalue weighted by molar-refractivity contribution is -0.118. The van der Waals surface area contributed by atoms with Gasteiger partial charge in [0.05, 0.1) is 5.69 Å². The normalized spacial score (nSPS) is 10.7. The van der Waals surface area contributed by atoms with Crippen molar-refractivity contribution in [2.24, 2.45) is 0 Å². The molecule has 0 saturated heterocycles. The molecular weight excluding hydrogens is 270 g/mol. The van der Waals surface area contributed by atoms with E-state index >= 15 is 0 Å². The minimum absolute atomic E-state index is 0.175. The van der Waals surface area contributed by atoms with E-state index in [0.29, 0.717) is 18.8 Å². The van der Waals surface area contributed by atoms with E-state index in [2.05, 4.69) is 18.2 Å². The third-order valence-electron chi connectivity index (χ3n) is 3.45. The number of nitrogens with zero attached hydrogens (tertiary/aromatic N) is 1. The number of rotatable bonds is 6. The average molecular weight is 290 g/mol. The summed E-state index contributed by atoms with van der Waals surface area (Å²) in [6.07, 6.45) is 2.30. The molecule has 20 heavy (non-hydrogen) atoms. The molecule has 0 unspecified atom stereocenters. The van der Waals surface area contributed by atoms with Crippen LogP contribution in [0.25, 0.3) is 10.8 Å². The Morgan fingerprint density at radius 2 is 1.85 bits per heavy atom. The second kappa shape index (κ2) is 7.30. The first kappa shape index (κ1) is 14.9. The molecule has 2 rings (SSSR count). The Labute approximate surface area is 125 Å². The quantitative estimate of drug-likeness (QED) is 0.562. The first-order chi connectivity index (χ1) is 9.77. The summed E-state index contributed by atoms with van der Waals surface area (Å²) in [5.74, 6) is 0.794. The molecule has 2 nitrogen and oxygen atoms in total. The number of benzene rings is 2. The van der Waals surface area contributed by atoms with Crippen LogP contribution < -0.4 is 4.90 Å². The largest absolute Gasteiger partial charge is 0.312 e. The number of halogens is 1. The summed E-state index contributed by atoms with van der Waals surface area (Å²) in [4.78, 5) is 14.2. The summed E-state index contributed by atoms with van der Waals surface area (Å²) in [6.45, 7) is 2.70. The highest BCUT2D eigenvalue weighted by atomic mass is 35.5. The van der Waals surface area contributed by atoms with Gasteiger partial charge in [0.2, 0.25) is 5.91 Å². The summed E-state index contributed by atoms with van der Waals surface area (Å²) in [6, 6.07) is 14.3. The maximum absolute atomic E-state index is 12.4. The second-order valence-corrected chi connectivity index (χ2v) is 5.16. The fourth-order valence-corrected chi connectivity index (χ4v) is 2.62. The van der Waals surface area contributed by atoms with Crippen molar-refractivity contribution in [2.45, 2.75) is 26.2 Å². The number of amides is 1. The molecule has 0 fully saturated rings. The lowest BCUT2D eigenvalue weighted by atomic mass is 10.1. The molecule has 0 heterocycles. The number of hydrogen-bond acceptors (Lipinski definition) is 1. The fraction of sp³-hybridized carbons (Fsp3) is 0.353. The van der Waals surface area contributed by atoms with Crippen molar-refractivity contribution in [3.63, 3.8) is 0 Å². The van der Waals surface area contributed by atoms with Crippen molar-refractivity contribution in [2.75, 3.05) is 17.3 Å². The molecule has 0 aliphatic carbocycles. The second-order valence-electron chi connectivity index (χ2n) is 4.78. The number of alkyl halides is 1. The monoisotopic (exact) mass is 289 g/mol. The molecule has 0 bridgehead atoms. The standard InChI is InChI=1S/C17H20ClNO/c1-2-19(17(20)12-5-6-13-18)16-11-7-9-14-8-3-4-10-15(14)16/h3-4,7-11H,2,5-6,12-13H2,1H3. The van der Waals surface area contributed by atoms with Crippen LogP contribution in [-0.2, 0) is 4.79 Å². The van der Waals surface area contributed by atoms with Gasteiger partial charge in [-0.25, -0.2) is 0 Å². The Kier molecular flexibility index (Phi) is 5.42. The average Bonchev–Trinajstić information content (AvgIpc) is 2.48. The maximum atomic E-state index is 12.4. The third kappa shape index (κ3) is 3.31. The van der Waals surface area contributed by atoms with E-state index in [-0.39, 0.29) is 5.91 Å². The Morgan fingerprint density at radius 1 is 1.10 bits per heavy atom. The summed E-state index contributed by atoms with van der Waals surface area (Å²) >= 11 is 5.67. The van der Waals surface area contributed by atoms with E-state index < -0.39 is 0 Å². The van der Waals surface area contributed by atoms with Gasteiger partial charge < -0.3 is 4.90 Å². The van der Waals surface area contributed by atoms with Crippen molar-refractivity contribution in [3.05, 3.63) is 42.5 Å². The van der Waals surface area contributed by atoms with Crippen molar-refractivity contribution in [3.8, 4) is 0 Å². The molecule has 0 aromatic heterocycles. The van der Waals surface area contributed by atoms with E-state index in [1.807, 2.05) is 36.1 Å². The highest BCUT2D eigenvalue weighted by Crippen LogP contribution is 2.27. The molecule has 2 aromatic rings. The van der Waals surface area contributed by atoms with Gasteiger partial charge in [-0.1, -0.05) is 36.4 Å². The molecule has 0 spiro atoms. The Morgan fingerprint density at radius 3 is 2.60 bits per heavy atom. The third-order valence-corrected chi connectivity index (χ3v) is 3.72. The number of anilines is 1. The molecule has 3 heteroatoms. The van der Waals surface area contributed by atoms with E-state index in [1.165, 1.54) is 0 Å². The highest BCUT2D eigenvalue weighted by molar-refractivity contribution is 6.17. The lowest BCUT2D eigenvalue weighted by Gasteiger charge is -2.22. The first-order valence-electron chi connectivity index (χ1n) is 7.12. The topological polar surface area (TPSA) is 20.3 Å². The van der Waals surface area contributed by atoms with Crippen LogP contribution in [0.1, 0.15) is 26.2 Å². The van der Waals surface area contributed by atoms with Crippen LogP contribution in [0.2, 0.25) is 0 Å². The Bertz CT molecular complexity index is 577. The highest BCUT2D eigenvalue weighted by Gasteiger charge is 2.15. The van der Waals surface area contributed by atoms with Gasteiger partial charge in [-0.15, -0.1) is 11.6 Å².